The van der Waals surface area contributed by atoms with Crippen LogP contribution in [0.4, 0.5) is 17.1 Å². The number of anilines is 3. The highest BCUT2D eigenvalue weighted by atomic mass is 16.6. The molecule has 0 heterocycles. The van der Waals surface area contributed by atoms with E-state index in [1.54, 1.807) is 6.92 Å². The summed E-state index contributed by atoms with van der Waals surface area (Å²) in [4.78, 5) is 39.1. The smallest absolute Gasteiger partial charge is 0.333 e. The molecule has 6 aromatic carbocycles. The van der Waals surface area contributed by atoms with Gasteiger partial charge in [-0.1, -0.05) is 142 Å². The molecule has 0 amide bonds. The van der Waals surface area contributed by atoms with Crippen LogP contribution < -0.4 is 20.7 Å². The number of hydrogen-bond donors (Lipinski definition) is 1. The number of benzene rings is 6. The minimum Gasteiger partial charge on any atom is -0.462 e. The van der Waals surface area contributed by atoms with Crippen molar-refractivity contribution in [1.82, 2.24) is 0 Å². The van der Waals surface area contributed by atoms with Crippen molar-refractivity contribution in [2.24, 2.45) is 0 Å². The van der Waals surface area contributed by atoms with E-state index in [4.69, 9.17) is 14.2 Å². The lowest BCUT2D eigenvalue weighted by molar-refractivity contribution is -0.156. The van der Waals surface area contributed by atoms with E-state index >= 15 is 0 Å². The molecule has 0 bridgehead atoms. The van der Waals surface area contributed by atoms with Gasteiger partial charge in [0.25, 0.3) is 0 Å². The number of esters is 3. The highest BCUT2D eigenvalue weighted by molar-refractivity contribution is 6.03. The Balaban J connectivity index is 0.000000708. The third-order valence-electron chi connectivity index (χ3n) is 13.2. The zero-order chi connectivity index (χ0) is 52.5. The minimum atomic E-state index is -0.551. The van der Waals surface area contributed by atoms with Crippen LogP contribution in [-0.4, -0.2) is 50.3 Å². The van der Waals surface area contributed by atoms with Gasteiger partial charge in [-0.05, 0) is 160 Å². The van der Waals surface area contributed by atoms with Crippen LogP contribution in [0.25, 0.3) is 22.4 Å². The van der Waals surface area contributed by atoms with Gasteiger partial charge < -0.3 is 24.4 Å². The molecule has 1 fully saturated rings. The Bertz CT molecular complexity index is 2900. The largest absolute Gasteiger partial charge is 0.462 e. The summed E-state index contributed by atoms with van der Waals surface area (Å²) in [5.41, 5.74) is 16.3. The first-order chi connectivity index (χ1) is 34.5. The van der Waals surface area contributed by atoms with Crippen molar-refractivity contribution in [3.8, 4) is 0 Å². The van der Waals surface area contributed by atoms with Crippen molar-refractivity contribution >= 4 is 57.4 Å². The second kappa shape index (κ2) is 27.0. The van der Waals surface area contributed by atoms with Crippen LogP contribution in [0.1, 0.15) is 123 Å². The van der Waals surface area contributed by atoms with Gasteiger partial charge >= 0.3 is 17.9 Å². The molecule has 1 N–H and O–H groups in total. The first kappa shape index (κ1) is 56.0. The highest BCUT2D eigenvalue weighted by Gasteiger charge is 2.29. The van der Waals surface area contributed by atoms with E-state index < -0.39 is 17.9 Å². The van der Waals surface area contributed by atoms with Crippen LogP contribution in [0, 0.1) is 48.5 Å². The molecule has 8 nitrogen and oxygen atoms in total. The molecule has 72 heavy (non-hydrogen) atoms. The molecule has 0 aromatic heterocycles. The fourth-order valence-electron chi connectivity index (χ4n) is 9.60. The summed E-state index contributed by atoms with van der Waals surface area (Å²) in [7, 11) is 2.14. The molecular weight excluding hydrogens is 893 g/mol. The van der Waals surface area contributed by atoms with Crippen molar-refractivity contribution < 1.29 is 28.6 Å². The van der Waals surface area contributed by atoms with Gasteiger partial charge in [-0.25, -0.2) is 4.79 Å². The first-order valence-electron chi connectivity index (χ1n) is 25.8. The van der Waals surface area contributed by atoms with E-state index in [1.165, 1.54) is 49.9 Å². The Morgan fingerprint density at radius 1 is 0.694 bits per heavy atom. The normalized spacial score (nSPS) is 13.8. The molecule has 0 aliphatic heterocycles. The monoisotopic (exact) mass is 971 g/mol. The first-order valence-corrected chi connectivity index (χ1v) is 25.8. The summed E-state index contributed by atoms with van der Waals surface area (Å²) in [6, 6.07) is 39.4. The number of nitrogens with one attached hydrogen (secondary N) is 1. The number of carbonyl (C=O) groups excluding carboxylic acids is 3. The number of hydrogen-bond acceptors (Lipinski definition) is 8. The summed E-state index contributed by atoms with van der Waals surface area (Å²) in [5, 5.41) is 8.31. The Kier molecular flexibility index (Phi) is 21.0. The van der Waals surface area contributed by atoms with E-state index in [9.17, 15) is 14.4 Å². The minimum absolute atomic E-state index is 0.0727. The standard InChI is InChI=1S/C52H58N2O6.C10H14.C2H6/c1-8-13-38-18-20-39(21-19-38)50(40-22-24-41(25-23-40)54(7)51-36(5)32-35(4)33-37(51)6)44-26-27-45(43-15-10-9-14-42(43)44)53-46-16-11-12-17-47(46)60-49(56)29-28-48(55)58-30-31-59-52(57)34(2)3;1-7-5-8(2)10(4)9(3)6-7;1-2/h9-10,13-15,18-27,32-33,46-47,53H,2,8,11-12,16-17,28-31H2,1,3-7H3;5-6H,1-4H3;1-2H3. The van der Waals surface area contributed by atoms with Gasteiger partial charge in [-0.15, -0.1) is 0 Å². The van der Waals surface area contributed by atoms with Crippen LogP contribution in [0.2, 0.25) is 0 Å². The second-order valence-electron chi connectivity index (χ2n) is 18.9. The van der Waals surface area contributed by atoms with E-state index in [0.29, 0.717) is 0 Å². The molecule has 1 aliphatic carbocycles. The maximum absolute atomic E-state index is 13.0. The van der Waals surface area contributed by atoms with Gasteiger partial charge in [0.1, 0.15) is 19.3 Å². The number of aryl methyl sites for hydroxylation is 6. The average molecular weight is 971 g/mol. The summed E-state index contributed by atoms with van der Waals surface area (Å²) >= 11 is 0. The van der Waals surface area contributed by atoms with E-state index in [-0.39, 0.29) is 43.8 Å². The Morgan fingerprint density at radius 3 is 1.88 bits per heavy atom. The van der Waals surface area contributed by atoms with Crippen LogP contribution in [0.3, 0.4) is 0 Å². The van der Waals surface area contributed by atoms with Gasteiger partial charge in [0.05, 0.1) is 18.9 Å². The molecule has 0 spiro atoms. The molecule has 2 unspecified atom stereocenters. The lowest BCUT2D eigenvalue weighted by Crippen LogP contribution is -2.39. The predicted octanol–water partition coefficient (Wildman–Crippen LogP) is 13.6. The van der Waals surface area contributed by atoms with Gasteiger partial charge in [0.2, 0.25) is 0 Å². The molecule has 2 atom stereocenters. The van der Waals surface area contributed by atoms with E-state index in [2.05, 4.69) is 195 Å². The molecule has 380 valence electrons. The van der Waals surface area contributed by atoms with E-state index in [0.717, 1.165) is 76.2 Å². The zero-order valence-electron chi connectivity index (χ0n) is 45.1. The SMILES string of the molecule is C=C(C)C(=O)OCCOC(=O)CCC(=O)OC1CCCCC1Nc1ccc(C(c2ccc(N(C)c3c(C)cc(C)cc3C)cc2)=c2ccc(=CCC)cc2)c2ccccc12.CC.Cc1cc(C)c(C)c(C)c1. The van der Waals surface area contributed by atoms with Crippen molar-refractivity contribution in [2.45, 2.75) is 133 Å². The summed E-state index contributed by atoms with van der Waals surface area (Å²) in [5.74, 6) is -1.54. The Labute approximate surface area is 429 Å². The number of fused-ring (bicyclic) bond motifs is 1. The van der Waals surface area contributed by atoms with Crippen molar-refractivity contribution in [2.75, 3.05) is 30.5 Å². The summed E-state index contributed by atoms with van der Waals surface area (Å²) < 4.78 is 16.1. The van der Waals surface area contributed by atoms with Gasteiger partial charge in [-0.2, -0.15) is 0 Å². The van der Waals surface area contributed by atoms with Crippen LogP contribution in [-0.2, 0) is 28.6 Å². The summed E-state index contributed by atoms with van der Waals surface area (Å²) in [6.07, 6.45) is 6.20. The fourth-order valence-corrected chi connectivity index (χ4v) is 9.60. The molecular formula is C64H78N2O6. The molecule has 0 radical (unpaired) electrons. The number of rotatable bonds is 15. The molecule has 1 saturated carbocycles. The van der Waals surface area contributed by atoms with Crippen molar-refractivity contribution in [3.63, 3.8) is 0 Å². The third-order valence-corrected chi connectivity index (χ3v) is 13.2. The summed E-state index contributed by atoms with van der Waals surface area (Å²) in [6.45, 7) is 26.2. The highest BCUT2D eigenvalue weighted by Crippen LogP contribution is 2.37. The van der Waals surface area contributed by atoms with Gasteiger partial charge in [0.15, 0.2) is 0 Å². The predicted molar refractivity (Wildman–Crippen MR) is 300 cm³/mol. The zero-order valence-corrected chi connectivity index (χ0v) is 45.1. The van der Waals surface area contributed by atoms with Gasteiger partial charge in [0, 0.05) is 35.1 Å². The van der Waals surface area contributed by atoms with Crippen LogP contribution in [0.5, 0.6) is 0 Å². The lowest BCUT2D eigenvalue weighted by atomic mass is 9.89. The number of carbonyl (C=O) groups is 3. The van der Waals surface area contributed by atoms with Crippen LogP contribution in [0.15, 0.2) is 121 Å². The third kappa shape index (κ3) is 15.0. The maximum Gasteiger partial charge on any atom is 0.333 e. The second-order valence-corrected chi connectivity index (χ2v) is 18.9. The molecule has 7 rings (SSSR count). The Hall–Kier alpha value is -6.93. The Morgan fingerprint density at radius 2 is 1.26 bits per heavy atom. The average Bonchev–Trinajstić information content (AvgIpc) is 3.36. The molecule has 8 heteroatoms. The van der Waals surface area contributed by atoms with Crippen LogP contribution >= 0.6 is 0 Å². The van der Waals surface area contributed by atoms with Gasteiger partial charge in [-0.3, -0.25) is 9.59 Å². The molecule has 1 aliphatic rings. The maximum atomic E-state index is 13.0. The van der Waals surface area contributed by atoms with E-state index in [1.807, 2.05) is 13.8 Å². The fraction of sp³-hybridized carbons (Fsp3) is 0.359. The quantitative estimate of drug-likeness (QED) is 0.0471. The number of ether oxygens (including phenoxy) is 3. The lowest BCUT2D eigenvalue weighted by Gasteiger charge is -2.33. The molecule has 0 saturated heterocycles. The molecule has 6 aromatic rings. The van der Waals surface area contributed by atoms with Crippen molar-refractivity contribution in [3.05, 3.63) is 182 Å². The number of nitrogens with zero attached hydrogens (tertiary/aromatic N) is 1. The topological polar surface area (TPSA) is 94.2 Å². The van der Waals surface area contributed by atoms with Crippen molar-refractivity contribution in [1.29, 1.82) is 0 Å².